The second kappa shape index (κ2) is 8.65. The van der Waals surface area contributed by atoms with Gasteiger partial charge in [-0.05, 0) is 25.2 Å². The summed E-state index contributed by atoms with van der Waals surface area (Å²) in [6.07, 6.45) is 0.104. The number of hydrogen-bond donors (Lipinski definition) is 0. The van der Waals surface area contributed by atoms with Crippen molar-refractivity contribution in [3.63, 3.8) is 0 Å². The molecule has 30 heavy (non-hydrogen) atoms. The maximum Gasteiger partial charge on any atom is 0.274 e. The maximum absolute atomic E-state index is 14.3. The number of likely N-dealkylation sites (N-methyl/N-ethyl adjacent to an activating group) is 1. The van der Waals surface area contributed by atoms with Crippen LogP contribution in [0, 0.1) is 5.82 Å². The highest BCUT2D eigenvalue weighted by molar-refractivity contribution is 9.10. The normalized spacial score (nSPS) is 15.0. The van der Waals surface area contributed by atoms with Crippen molar-refractivity contribution in [2.75, 3.05) is 33.2 Å². The molecular formula is C22H22BrFN4O2. The lowest BCUT2D eigenvalue weighted by atomic mass is 10.1. The number of carbonyl (C=O) groups excluding carboxylic acids is 1. The van der Waals surface area contributed by atoms with E-state index in [2.05, 4.69) is 25.9 Å². The fraction of sp³-hybridized carbons (Fsp3) is 0.318. The number of hydrogen-bond acceptors (Lipinski definition) is 4. The second-order valence-electron chi connectivity index (χ2n) is 7.55. The molecule has 0 radical (unpaired) electrons. The molecule has 6 nitrogen and oxygen atoms in total. The van der Waals surface area contributed by atoms with Crippen LogP contribution in [0.25, 0.3) is 10.8 Å². The van der Waals surface area contributed by atoms with E-state index in [0.717, 1.165) is 13.1 Å². The van der Waals surface area contributed by atoms with Gasteiger partial charge in [-0.15, -0.1) is 0 Å². The first-order chi connectivity index (χ1) is 14.4. The number of benzene rings is 2. The van der Waals surface area contributed by atoms with Gasteiger partial charge in [0.15, 0.2) is 0 Å². The number of fused-ring (bicyclic) bond motifs is 1. The average molecular weight is 473 g/mol. The highest BCUT2D eigenvalue weighted by atomic mass is 79.9. The van der Waals surface area contributed by atoms with E-state index >= 15 is 0 Å². The summed E-state index contributed by atoms with van der Waals surface area (Å²) < 4.78 is 16.2. The van der Waals surface area contributed by atoms with Crippen LogP contribution in [-0.2, 0) is 17.8 Å². The average Bonchev–Trinajstić information content (AvgIpc) is 2.73. The topological polar surface area (TPSA) is 58.4 Å². The van der Waals surface area contributed by atoms with Crippen molar-refractivity contribution < 1.29 is 9.18 Å². The van der Waals surface area contributed by atoms with Gasteiger partial charge in [0.05, 0.1) is 24.0 Å². The fourth-order valence-corrected chi connectivity index (χ4v) is 4.00. The summed E-state index contributed by atoms with van der Waals surface area (Å²) in [4.78, 5) is 29.9. The van der Waals surface area contributed by atoms with Crippen LogP contribution in [0.5, 0.6) is 0 Å². The zero-order valence-corrected chi connectivity index (χ0v) is 18.2. The molecule has 1 aliphatic rings. The Hall–Kier alpha value is -2.58. The minimum Gasteiger partial charge on any atom is -0.340 e. The summed E-state index contributed by atoms with van der Waals surface area (Å²) in [7, 11) is 2.04. The molecule has 0 spiro atoms. The third-order valence-corrected chi connectivity index (χ3v) is 5.95. The molecule has 1 amide bonds. The number of aromatic nitrogens is 2. The van der Waals surface area contributed by atoms with Crippen molar-refractivity contribution in [1.29, 1.82) is 0 Å². The number of halogens is 2. The molecular weight excluding hydrogens is 451 g/mol. The highest BCUT2D eigenvalue weighted by Crippen LogP contribution is 2.18. The van der Waals surface area contributed by atoms with Gasteiger partial charge in [-0.25, -0.2) is 9.07 Å². The van der Waals surface area contributed by atoms with Crippen molar-refractivity contribution >= 4 is 32.6 Å². The first-order valence-corrected chi connectivity index (χ1v) is 10.6. The Labute approximate surface area is 182 Å². The van der Waals surface area contributed by atoms with Gasteiger partial charge < -0.3 is 9.80 Å². The highest BCUT2D eigenvalue weighted by Gasteiger charge is 2.21. The Bertz CT molecular complexity index is 1160. The SMILES string of the molecule is CN1CCN(C(=O)Cc2nn(Cc3ccc(Br)cc3F)c(=O)c3ccccc23)CC1. The summed E-state index contributed by atoms with van der Waals surface area (Å²) in [5.41, 5.74) is 0.592. The summed E-state index contributed by atoms with van der Waals surface area (Å²) in [6, 6.07) is 11.8. The summed E-state index contributed by atoms with van der Waals surface area (Å²) >= 11 is 3.24. The lowest BCUT2D eigenvalue weighted by Gasteiger charge is -2.32. The number of carbonyl (C=O) groups is 1. The molecule has 2 heterocycles. The standard InChI is InChI=1S/C22H22BrFN4O2/c1-26-8-10-27(11-9-26)21(29)13-20-17-4-2-3-5-18(17)22(30)28(25-20)14-15-6-7-16(23)12-19(15)24/h2-7,12H,8-11,13-14H2,1H3. The van der Waals surface area contributed by atoms with Gasteiger partial charge >= 0.3 is 0 Å². The largest absolute Gasteiger partial charge is 0.340 e. The lowest BCUT2D eigenvalue weighted by molar-refractivity contribution is -0.132. The fourth-order valence-electron chi connectivity index (χ4n) is 3.67. The Morgan fingerprint density at radius 3 is 2.50 bits per heavy atom. The summed E-state index contributed by atoms with van der Waals surface area (Å²) in [5, 5.41) is 5.62. The van der Waals surface area contributed by atoms with E-state index in [4.69, 9.17) is 0 Å². The van der Waals surface area contributed by atoms with E-state index in [1.165, 1.54) is 10.7 Å². The van der Waals surface area contributed by atoms with Crippen LogP contribution >= 0.6 is 15.9 Å². The molecule has 3 aromatic rings. The zero-order chi connectivity index (χ0) is 21.3. The molecule has 0 atom stereocenters. The van der Waals surface area contributed by atoms with Gasteiger partial charge in [0.2, 0.25) is 5.91 Å². The number of amides is 1. The van der Waals surface area contributed by atoms with Crippen LogP contribution in [0.15, 0.2) is 51.7 Å². The van der Waals surface area contributed by atoms with Crippen molar-refractivity contribution in [3.8, 4) is 0 Å². The van der Waals surface area contributed by atoms with Crippen molar-refractivity contribution in [1.82, 2.24) is 19.6 Å². The van der Waals surface area contributed by atoms with Crippen molar-refractivity contribution in [2.24, 2.45) is 0 Å². The molecule has 1 aromatic heterocycles. The molecule has 2 aromatic carbocycles. The van der Waals surface area contributed by atoms with Crippen LogP contribution in [-0.4, -0.2) is 58.7 Å². The molecule has 1 fully saturated rings. The molecule has 4 rings (SSSR count). The van der Waals surface area contributed by atoms with Crippen LogP contribution in [0.4, 0.5) is 4.39 Å². The van der Waals surface area contributed by atoms with Crippen LogP contribution in [0.3, 0.4) is 0 Å². The Morgan fingerprint density at radius 2 is 1.80 bits per heavy atom. The van der Waals surface area contributed by atoms with E-state index < -0.39 is 5.82 Å². The predicted molar refractivity (Wildman–Crippen MR) is 117 cm³/mol. The summed E-state index contributed by atoms with van der Waals surface area (Å²) in [6.45, 7) is 3.02. The maximum atomic E-state index is 14.3. The van der Waals surface area contributed by atoms with E-state index in [-0.39, 0.29) is 24.4 Å². The molecule has 0 aliphatic carbocycles. The number of rotatable bonds is 4. The van der Waals surface area contributed by atoms with E-state index in [9.17, 15) is 14.0 Å². The van der Waals surface area contributed by atoms with Gasteiger partial charge in [0.25, 0.3) is 5.56 Å². The van der Waals surface area contributed by atoms with E-state index in [1.807, 2.05) is 18.0 Å². The summed E-state index contributed by atoms with van der Waals surface area (Å²) in [5.74, 6) is -0.429. The van der Waals surface area contributed by atoms with Gasteiger partial charge in [-0.1, -0.05) is 40.2 Å². The van der Waals surface area contributed by atoms with Crippen LogP contribution < -0.4 is 5.56 Å². The van der Waals surface area contributed by atoms with Gasteiger partial charge in [0, 0.05) is 41.6 Å². The third-order valence-electron chi connectivity index (χ3n) is 5.45. The monoisotopic (exact) mass is 472 g/mol. The Morgan fingerprint density at radius 1 is 1.10 bits per heavy atom. The van der Waals surface area contributed by atoms with E-state index in [1.54, 1.807) is 30.3 Å². The van der Waals surface area contributed by atoms with Crippen molar-refractivity contribution in [2.45, 2.75) is 13.0 Å². The van der Waals surface area contributed by atoms with E-state index in [0.29, 0.717) is 39.6 Å². The van der Waals surface area contributed by atoms with Crippen LogP contribution in [0.1, 0.15) is 11.3 Å². The smallest absolute Gasteiger partial charge is 0.274 e. The molecule has 0 bridgehead atoms. The molecule has 0 saturated carbocycles. The molecule has 1 saturated heterocycles. The third kappa shape index (κ3) is 4.29. The lowest BCUT2D eigenvalue weighted by Crippen LogP contribution is -2.47. The molecule has 156 valence electrons. The quantitative estimate of drug-likeness (QED) is 0.585. The first-order valence-electron chi connectivity index (χ1n) is 9.81. The molecule has 0 unspecified atom stereocenters. The predicted octanol–water partition coefficient (Wildman–Crippen LogP) is 2.66. The Kier molecular flexibility index (Phi) is 5.97. The molecule has 0 N–H and O–H groups in total. The molecule has 1 aliphatic heterocycles. The minimum absolute atomic E-state index is 0.00151. The first kappa shape index (κ1) is 20.7. The Balaban J connectivity index is 1.69. The van der Waals surface area contributed by atoms with Crippen molar-refractivity contribution in [3.05, 3.63) is 74.4 Å². The number of nitrogens with zero attached hydrogens (tertiary/aromatic N) is 4. The van der Waals surface area contributed by atoms with Crippen LogP contribution in [0.2, 0.25) is 0 Å². The van der Waals surface area contributed by atoms with Gasteiger partial charge in [-0.2, -0.15) is 5.10 Å². The minimum atomic E-state index is -0.415. The van der Waals surface area contributed by atoms with Gasteiger partial charge in [-0.3, -0.25) is 9.59 Å². The molecule has 8 heteroatoms. The number of piperazine rings is 1. The second-order valence-corrected chi connectivity index (χ2v) is 8.47. The zero-order valence-electron chi connectivity index (χ0n) is 16.6. The van der Waals surface area contributed by atoms with Gasteiger partial charge in [0.1, 0.15) is 5.82 Å².